The molecule has 0 aromatic heterocycles. The smallest absolute Gasteiger partial charge is 0.387 e. The van der Waals surface area contributed by atoms with Crippen LogP contribution in [-0.2, 0) is 0 Å². The Balaban J connectivity index is 2.17. The van der Waals surface area contributed by atoms with E-state index in [0.29, 0.717) is 16.3 Å². The number of rotatable bonds is 5. The summed E-state index contributed by atoms with van der Waals surface area (Å²) in [6.45, 7) is -2.90. The highest BCUT2D eigenvalue weighted by Crippen LogP contribution is 2.28. The molecule has 0 radical (unpaired) electrons. The van der Waals surface area contributed by atoms with E-state index in [1.807, 2.05) is 19.0 Å². The topological polar surface area (TPSA) is 41.6 Å². The van der Waals surface area contributed by atoms with E-state index in [2.05, 4.69) is 10.1 Å². The average molecular weight is 341 g/mol. The fourth-order valence-electron chi connectivity index (χ4n) is 1.98. The monoisotopic (exact) mass is 340 g/mol. The SMILES string of the molecule is CN(C)c1ccc(Cl)cc1NC(=O)c1ccc(OC(F)F)cc1. The lowest BCUT2D eigenvalue weighted by molar-refractivity contribution is -0.0498. The fourth-order valence-corrected chi connectivity index (χ4v) is 2.15. The van der Waals surface area contributed by atoms with Crippen LogP contribution in [0.3, 0.4) is 0 Å². The largest absolute Gasteiger partial charge is 0.435 e. The van der Waals surface area contributed by atoms with Gasteiger partial charge in [0.15, 0.2) is 0 Å². The summed E-state index contributed by atoms with van der Waals surface area (Å²) in [6, 6.07) is 10.6. The van der Waals surface area contributed by atoms with Gasteiger partial charge in [0, 0.05) is 24.7 Å². The summed E-state index contributed by atoms with van der Waals surface area (Å²) in [5.41, 5.74) is 1.66. The molecule has 2 aromatic carbocycles. The summed E-state index contributed by atoms with van der Waals surface area (Å²) in [7, 11) is 3.69. The van der Waals surface area contributed by atoms with Crippen molar-refractivity contribution in [2.75, 3.05) is 24.3 Å². The van der Waals surface area contributed by atoms with Gasteiger partial charge in [-0.05, 0) is 42.5 Å². The molecule has 23 heavy (non-hydrogen) atoms. The molecule has 0 fully saturated rings. The minimum Gasteiger partial charge on any atom is -0.435 e. The Hall–Kier alpha value is -2.34. The van der Waals surface area contributed by atoms with Gasteiger partial charge in [-0.3, -0.25) is 4.79 Å². The molecule has 4 nitrogen and oxygen atoms in total. The molecule has 0 unspecified atom stereocenters. The molecule has 0 aliphatic rings. The van der Waals surface area contributed by atoms with Crippen molar-refractivity contribution in [1.82, 2.24) is 0 Å². The molecule has 0 spiro atoms. The highest BCUT2D eigenvalue weighted by atomic mass is 35.5. The number of ether oxygens (including phenoxy) is 1. The van der Waals surface area contributed by atoms with Crippen molar-refractivity contribution >= 4 is 28.9 Å². The Bertz CT molecular complexity index is 691. The van der Waals surface area contributed by atoms with Gasteiger partial charge >= 0.3 is 6.61 Å². The van der Waals surface area contributed by atoms with Gasteiger partial charge < -0.3 is 15.0 Å². The average Bonchev–Trinajstić information content (AvgIpc) is 2.47. The number of hydrogen-bond donors (Lipinski definition) is 1. The van der Waals surface area contributed by atoms with Crippen LogP contribution in [0.5, 0.6) is 5.75 Å². The predicted molar refractivity (Wildman–Crippen MR) is 86.8 cm³/mol. The van der Waals surface area contributed by atoms with E-state index in [4.69, 9.17) is 11.6 Å². The van der Waals surface area contributed by atoms with Gasteiger partial charge in [-0.15, -0.1) is 0 Å². The van der Waals surface area contributed by atoms with Gasteiger partial charge in [0.2, 0.25) is 0 Å². The molecule has 0 heterocycles. The van der Waals surface area contributed by atoms with E-state index < -0.39 is 6.61 Å². The molecule has 2 rings (SSSR count). The lowest BCUT2D eigenvalue weighted by Crippen LogP contribution is -2.16. The second-order valence-electron chi connectivity index (χ2n) is 4.91. The zero-order valence-electron chi connectivity index (χ0n) is 12.5. The van der Waals surface area contributed by atoms with Gasteiger partial charge in [0.1, 0.15) is 5.75 Å². The summed E-state index contributed by atoms with van der Waals surface area (Å²) < 4.78 is 28.5. The second kappa shape index (κ2) is 7.28. The normalized spacial score (nSPS) is 10.5. The third-order valence-corrected chi connectivity index (χ3v) is 3.27. The summed E-state index contributed by atoms with van der Waals surface area (Å²) in [5.74, 6) is -0.382. The fraction of sp³-hybridized carbons (Fsp3) is 0.188. The van der Waals surface area contributed by atoms with Crippen molar-refractivity contribution in [3.05, 3.63) is 53.1 Å². The molecule has 7 heteroatoms. The van der Waals surface area contributed by atoms with Crippen molar-refractivity contribution in [3.63, 3.8) is 0 Å². The van der Waals surface area contributed by atoms with Crippen LogP contribution in [0.2, 0.25) is 5.02 Å². The molecule has 0 atom stereocenters. The van der Waals surface area contributed by atoms with Crippen molar-refractivity contribution in [1.29, 1.82) is 0 Å². The van der Waals surface area contributed by atoms with E-state index in [9.17, 15) is 13.6 Å². The minimum absolute atomic E-state index is 0.00622. The molecule has 0 bridgehead atoms. The van der Waals surface area contributed by atoms with E-state index in [1.165, 1.54) is 24.3 Å². The van der Waals surface area contributed by atoms with Crippen molar-refractivity contribution in [2.24, 2.45) is 0 Å². The van der Waals surface area contributed by atoms with Crippen LogP contribution >= 0.6 is 11.6 Å². The van der Waals surface area contributed by atoms with Gasteiger partial charge in [-0.2, -0.15) is 8.78 Å². The predicted octanol–water partition coefficient (Wildman–Crippen LogP) is 4.26. The first-order chi connectivity index (χ1) is 10.9. The Morgan fingerprint density at radius 1 is 1.17 bits per heavy atom. The van der Waals surface area contributed by atoms with Crippen molar-refractivity contribution in [2.45, 2.75) is 6.61 Å². The van der Waals surface area contributed by atoms with Crippen LogP contribution in [0.1, 0.15) is 10.4 Å². The van der Waals surface area contributed by atoms with Crippen molar-refractivity contribution in [3.8, 4) is 5.75 Å². The Morgan fingerprint density at radius 2 is 1.83 bits per heavy atom. The number of halogens is 3. The molecule has 0 saturated heterocycles. The number of benzene rings is 2. The molecule has 0 aliphatic carbocycles. The maximum absolute atomic E-state index is 12.3. The number of alkyl halides is 2. The summed E-state index contributed by atoms with van der Waals surface area (Å²) in [6.07, 6.45) is 0. The van der Waals surface area contributed by atoms with Crippen LogP contribution in [0.15, 0.2) is 42.5 Å². The number of amides is 1. The lowest BCUT2D eigenvalue weighted by Gasteiger charge is -2.18. The number of carbonyl (C=O) groups excluding carboxylic acids is 1. The molecule has 1 amide bonds. The van der Waals surface area contributed by atoms with Crippen molar-refractivity contribution < 1.29 is 18.3 Å². The molecule has 1 N–H and O–H groups in total. The number of nitrogens with one attached hydrogen (secondary N) is 1. The number of nitrogens with zero attached hydrogens (tertiary/aromatic N) is 1. The second-order valence-corrected chi connectivity index (χ2v) is 5.35. The summed E-state index contributed by atoms with van der Waals surface area (Å²) >= 11 is 5.96. The quantitative estimate of drug-likeness (QED) is 0.884. The zero-order valence-corrected chi connectivity index (χ0v) is 13.3. The van der Waals surface area contributed by atoms with Crippen LogP contribution in [-0.4, -0.2) is 26.6 Å². The zero-order chi connectivity index (χ0) is 17.0. The van der Waals surface area contributed by atoms with E-state index in [-0.39, 0.29) is 11.7 Å². The third kappa shape index (κ3) is 4.56. The molecule has 2 aromatic rings. The highest BCUT2D eigenvalue weighted by Gasteiger charge is 2.12. The van der Waals surface area contributed by atoms with Crippen LogP contribution < -0.4 is 15.0 Å². The Morgan fingerprint density at radius 3 is 2.39 bits per heavy atom. The molecular formula is C16H15ClF2N2O2. The van der Waals surface area contributed by atoms with E-state index >= 15 is 0 Å². The first-order valence-electron chi connectivity index (χ1n) is 6.70. The first kappa shape index (κ1) is 17.0. The molecular weight excluding hydrogens is 326 g/mol. The van der Waals surface area contributed by atoms with Crippen LogP contribution in [0.4, 0.5) is 20.2 Å². The molecule has 0 saturated carbocycles. The van der Waals surface area contributed by atoms with Gasteiger partial charge in [0.25, 0.3) is 5.91 Å². The van der Waals surface area contributed by atoms with Crippen LogP contribution in [0.25, 0.3) is 0 Å². The maximum atomic E-state index is 12.3. The first-order valence-corrected chi connectivity index (χ1v) is 7.07. The Kier molecular flexibility index (Phi) is 5.39. The third-order valence-electron chi connectivity index (χ3n) is 3.03. The standard InChI is InChI=1S/C16H15ClF2N2O2/c1-21(2)14-8-5-11(17)9-13(14)20-15(22)10-3-6-12(7-4-10)23-16(18)19/h3-9,16H,1-2H3,(H,20,22). The summed E-state index contributed by atoms with van der Waals surface area (Å²) in [4.78, 5) is 14.1. The lowest BCUT2D eigenvalue weighted by atomic mass is 10.2. The van der Waals surface area contributed by atoms with Gasteiger partial charge in [0.05, 0.1) is 11.4 Å². The maximum Gasteiger partial charge on any atom is 0.387 e. The van der Waals surface area contributed by atoms with E-state index in [0.717, 1.165) is 5.69 Å². The summed E-state index contributed by atoms with van der Waals surface area (Å²) in [5, 5.41) is 3.25. The highest BCUT2D eigenvalue weighted by molar-refractivity contribution is 6.31. The van der Waals surface area contributed by atoms with Crippen LogP contribution in [0, 0.1) is 0 Å². The minimum atomic E-state index is -2.90. The van der Waals surface area contributed by atoms with Gasteiger partial charge in [-0.1, -0.05) is 11.6 Å². The Labute approximate surface area is 137 Å². The van der Waals surface area contributed by atoms with Gasteiger partial charge in [-0.25, -0.2) is 0 Å². The molecule has 0 aliphatic heterocycles. The molecule has 122 valence electrons. The van der Waals surface area contributed by atoms with E-state index in [1.54, 1.807) is 18.2 Å². The number of hydrogen-bond acceptors (Lipinski definition) is 3. The number of anilines is 2. The number of carbonyl (C=O) groups is 1.